The van der Waals surface area contributed by atoms with Crippen molar-refractivity contribution < 1.29 is 0 Å². The molecule has 0 amide bonds. The van der Waals surface area contributed by atoms with Crippen molar-refractivity contribution in [2.45, 2.75) is 50.3 Å². The fourth-order valence-electron chi connectivity index (χ4n) is 5.44. The second kappa shape index (κ2) is 4.58. The molecule has 0 nitrogen and oxygen atoms in total. The maximum absolute atomic E-state index is 4.12. The Morgan fingerprint density at radius 3 is 2.11 bits per heavy atom. The van der Waals surface area contributed by atoms with Crippen molar-refractivity contribution in [3.05, 3.63) is 20.3 Å². The summed E-state index contributed by atoms with van der Waals surface area (Å²) in [6.45, 7) is 2.22. The number of halogens is 2. The van der Waals surface area contributed by atoms with Crippen LogP contribution in [0.1, 0.15) is 53.1 Å². The summed E-state index contributed by atoms with van der Waals surface area (Å²) in [4.78, 5) is 3.54. The Balaban J connectivity index is 1.69. The van der Waals surface area contributed by atoms with E-state index in [0.29, 0.717) is 10.2 Å². The highest BCUT2D eigenvalue weighted by Gasteiger charge is 2.54. The molecular weight excluding hydrogens is 384 g/mol. The topological polar surface area (TPSA) is 0 Å². The fourth-order valence-corrected chi connectivity index (χ4v) is 8.84. The van der Waals surface area contributed by atoms with E-state index < -0.39 is 0 Å². The van der Waals surface area contributed by atoms with E-state index in [4.69, 9.17) is 0 Å². The summed E-state index contributed by atoms with van der Waals surface area (Å²) in [5.41, 5.74) is 0.564. The minimum atomic E-state index is 0.564. The first-order valence-corrected chi connectivity index (χ1v) is 9.98. The van der Waals surface area contributed by atoms with Gasteiger partial charge in [0.2, 0.25) is 0 Å². The highest BCUT2D eigenvalue weighted by atomic mass is 79.9. The highest BCUT2D eigenvalue weighted by molar-refractivity contribution is 9.11. The van der Waals surface area contributed by atoms with Crippen LogP contribution in [0.15, 0.2) is 10.5 Å². The van der Waals surface area contributed by atoms with E-state index in [1.54, 1.807) is 4.88 Å². The molecule has 4 aliphatic rings. The SMILES string of the molecule is Cc1cc(Br)c(C(Br)C23CC4CC(CC(C4)C2)C3)s1. The van der Waals surface area contributed by atoms with Crippen molar-refractivity contribution in [2.24, 2.45) is 23.2 Å². The van der Waals surface area contributed by atoms with Gasteiger partial charge in [-0.3, -0.25) is 0 Å². The van der Waals surface area contributed by atoms with Gasteiger partial charge in [-0.1, -0.05) is 15.9 Å². The van der Waals surface area contributed by atoms with Crippen molar-refractivity contribution >= 4 is 43.2 Å². The summed E-state index contributed by atoms with van der Waals surface area (Å²) < 4.78 is 1.33. The first-order chi connectivity index (χ1) is 9.06. The van der Waals surface area contributed by atoms with Crippen LogP contribution in [-0.2, 0) is 0 Å². The third kappa shape index (κ3) is 2.10. The van der Waals surface area contributed by atoms with Crippen LogP contribution in [0.3, 0.4) is 0 Å². The molecule has 0 N–H and O–H groups in total. The second-order valence-electron chi connectivity index (χ2n) is 7.21. The number of hydrogen-bond donors (Lipinski definition) is 0. The minimum Gasteiger partial charge on any atom is -0.143 e. The quantitative estimate of drug-likeness (QED) is 0.496. The zero-order valence-corrected chi connectivity index (χ0v) is 15.3. The monoisotopic (exact) mass is 402 g/mol. The Labute approximate surface area is 136 Å². The van der Waals surface area contributed by atoms with Crippen LogP contribution in [0.4, 0.5) is 0 Å². The summed E-state index contributed by atoms with van der Waals surface area (Å²) in [5, 5.41) is 0. The molecule has 1 atom stereocenters. The molecule has 0 radical (unpaired) electrons. The van der Waals surface area contributed by atoms with Crippen molar-refractivity contribution in [1.82, 2.24) is 0 Å². The van der Waals surface area contributed by atoms with Crippen LogP contribution in [0.2, 0.25) is 0 Å². The van der Waals surface area contributed by atoms with Gasteiger partial charge in [0.05, 0.1) is 4.83 Å². The number of rotatable bonds is 2. The molecule has 4 saturated carbocycles. The van der Waals surface area contributed by atoms with Gasteiger partial charge >= 0.3 is 0 Å². The summed E-state index contributed by atoms with van der Waals surface area (Å²) in [6, 6.07) is 2.29. The Kier molecular flexibility index (Phi) is 3.21. The lowest BCUT2D eigenvalue weighted by molar-refractivity contribution is -0.0525. The number of thiophene rings is 1. The molecule has 1 heterocycles. The van der Waals surface area contributed by atoms with Crippen molar-refractivity contribution in [3.8, 4) is 0 Å². The molecule has 0 aromatic carbocycles. The van der Waals surface area contributed by atoms with Gasteiger partial charge < -0.3 is 0 Å². The van der Waals surface area contributed by atoms with Crippen LogP contribution >= 0.6 is 43.2 Å². The molecule has 1 aromatic heterocycles. The van der Waals surface area contributed by atoms with Crippen LogP contribution in [0, 0.1) is 30.1 Å². The Morgan fingerprint density at radius 2 is 1.68 bits per heavy atom. The van der Waals surface area contributed by atoms with Gasteiger partial charge in [-0.05, 0) is 90.6 Å². The second-order valence-corrected chi connectivity index (χ2v) is 10.3. The average molecular weight is 404 g/mol. The average Bonchev–Trinajstić information content (AvgIpc) is 2.65. The highest BCUT2D eigenvalue weighted by Crippen LogP contribution is 2.66. The molecule has 1 unspecified atom stereocenters. The molecule has 5 rings (SSSR count). The molecule has 19 heavy (non-hydrogen) atoms. The van der Waals surface area contributed by atoms with Gasteiger partial charge in [0.15, 0.2) is 0 Å². The molecule has 4 fully saturated rings. The predicted molar refractivity (Wildman–Crippen MR) is 89.0 cm³/mol. The molecule has 4 bridgehead atoms. The largest absolute Gasteiger partial charge is 0.143 e. The minimum absolute atomic E-state index is 0.564. The van der Waals surface area contributed by atoms with Gasteiger partial charge in [0.25, 0.3) is 0 Å². The summed E-state index contributed by atoms with van der Waals surface area (Å²) >= 11 is 9.87. The van der Waals surface area contributed by atoms with Crippen molar-refractivity contribution in [3.63, 3.8) is 0 Å². The molecule has 0 spiro atoms. The van der Waals surface area contributed by atoms with E-state index in [9.17, 15) is 0 Å². The predicted octanol–water partition coefficient (Wildman–Crippen LogP) is 6.47. The van der Waals surface area contributed by atoms with Crippen LogP contribution < -0.4 is 0 Å². The Morgan fingerprint density at radius 1 is 1.16 bits per heavy atom. The van der Waals surface area contributed by atoms with E-state index >= 15 is 0 Å². The molecular formula is C16H20Br2S. The zero-order valence-electron chi connectivity index (χ0n) is 11.3. The summed E-state index contributed by atoms with van der Waals surface area (Å²) in [6.07, 6.45) is 9.01. The molecule has 0 aliphatic heterocycles. The lowest BCUT2D eigenvalue weighted by atomic mass is 9.49. The van der Waals surface area contributed by atoms with Crippen molar-refractivity contribution in [2.75, 3.05) is 0 Å². The van der Waals surface area contributed by atoms with Gasteiger partial charge in [0, 0.05) is 14.2 Å². The lowest BCUT2D eigenvalue weighted by Crippen LogP contribution is -2.47. The van der Waals surface area contributed by atoms with Gasteiger partial charge in [-0.2, -0.15) is 0 Å². The third-order valence-electron chi connectivity index (χ3n) is 5.69. The molecule has 3 heteroatoms. The fraction of sp³-hybridized carbons (Fsp3) is 0.750. The molecule has 104 valence electrons. The van der Waals surface area contributed by atoms with E-state index in [1.165, 1.54) is 47.9 Å². The van der Waals surface area contributed by atoms with E-state index in [1.807, 2.05) is 11.3 Å². The summed E-state index contributed by atoms with van der Waals surface area (Å²) in [7, 11) is 0. The van der Waals surface area contributed by atoms with E-state index in [0.717, 1.165) is 17.8 Å². The molecule has 0 saturated heterocycles. The molecule has 4 aliphatic carbocycles. The van der Waals surface area contributed by atoms with Gasteiger partial charge in [-0.15, -0.1) is 11.3 Å². The zero-order chi connectivity index (χ0) is 13.2. The van der Waals surface area contributed by atoms with E-state index in [2.05, 4.69) is 44.8 Å². The number of alkyl halides is 1. The summed E-state index contributed by atoms with van der Waals surface area (Å²) in [5.74, 6) is 3.10. The maximum atomic E-state index is 4.12. The van der Waals surface area contributed by atoms with Crippen LogP contribution in [0.25, 0.3) is 0 Å². The smallest absolute Gasteiger partial charge is 0.0557 e. The standard InChI is InChI=1S/C16H20Br2S/c1-9-2-13(17)14(19-9)15(18)16-6-10-3-11(7-16)5-12(4-10)8-16/h2,10-12,15H,3-8H2,1H3. The first kappa shape index (κ1) is 13.3. The van der Waals surface area contributed by atoms with Crippen LogP contribution in [0.5, 0.6) is 0 Å². The lowest BCUT2D eigenvalue weighted by Gasteiger charge is -2.58. The first-order valence-electron chi connectivity index (χ1n) is 7.46. The number of hydrogen-bond acceptors (Lipinski definition) is 1. The Hall–Kier alpha value is 0.660. The molecule has 1 aromatic rings. The normalized spacial score (nSPS) is 41.7. The van der Waals surface area contributed by atoms with Gasteiger partial charge in [0.1, 0.15) is 0 Å². The van der Waals surface area contributed by atoms with E-state index in [-0.39, 0.29) is 0 Å². The maximum Gasteiger partial charge on any atom is 0.0557 e. The Bertz CT molecular complexity index is 470. The number of aryl methyl sites for hydroxylation is 1. The van der Waals surface area contributed by atoms with Crippen molar-refractivity contribution in [1.29, 1.82) is 0 Å². The van der Waals surface area contributed by atoms with Gasteiger partial charge in [-0.25, -0.2) is 0 Å². The third-order valence-corrected chi connectivity index (χ3v) is 9.46. The van der Waals surface area contributed by atoms with Crippen LogP contribution in [-0.4, -0.2) is 0 Å².